The van der Waals surface area contributed by atoms with Gasteiger partial charge in [0.2, 0.25) is 11.8 Å². The number of amides is 3. The lowest BCUT2D eigenvalue weighted by Gasteiger charge is -2.29. The minimum absolute atomic E-state index is 0.181. The highest BCUT2D eigenvalue weighted by molar-refractivity contribution is 6.05. The van der Waals surface area contributed by atoms with Gasteiger partial charge in [-0.2, -0.15) is 0 Å². The van der Waals surface area contributed by atoms with Crippen LogP contribution in [0.25, 0.3) is 5.69 Å². The number of nitrogens with zero attached hydrogens (tertiary/aromatic N) is 4. The molecule has 0 bridgehead atoms. The molecule has 27 heavy (non-hydrogen) atoms. The highest BCUT2D eigenvalue weighted by Crippen LogP contribution is 2.28. The highest BCUT2D eigenvalue weighted by Gasteiger charge is 2.39. The van der Waals surface area contributed by atoms with Gasteiger partial charge in [0.25, 0.3) is 5.91 Å². The van der Waals surface area contributed by atoms with Crippen molar-refractivity contribution in [2.45, 2.75) is 31.8 Å². The fourth-order valence-electron chi connectivity index (χ4n) is 3.50. The van der Waals surface area contributed by atoms with Crippen LogP contribution < -0.4 is 10.6 Å². The summed E-state index contributed by atoms with van der Waals surface area (Å²) >= 11 is 0. The maximum Gasteiger partial charge on any atom is 0.255 e. The van der Waals surface area contributed by atoms with E-state index in [0.717, 1.165) is 29.9 Å². The lowest BCUT2D eigenvalue weighted by molar-refractivity contribution is -0.136. The number of rotatable bonds is 5. The standard InChI is InChI=1S/C18H20N6O3/c1-19-7-6-12-10-24(22-21-12)13-2-3-14-11(8-13)9-23(18(14)27)15-4-5-16(25)20-17(15)26/h2-3,8,10,15,19H,4-7,9H2,1H3,(H,20,25,26). The lowest BCUT2D eigenvalue weighted by Crippen LogP contribution is -2.52. The minimum atomic E-state index is -0.606. The summed E-state index contributed by atoms with van der Waals surface area (Å²) in [5, 5.41) is 13.7. The molecule has 1 atom stereocenters. The van der Waals surface area contributed by atoms with Gasteiger partial charge in [-0.15, -0.1) is 5.10 Å². The summed E-state index contributed by atoms with van der Waals surface area (Å²) in [4.78, 5) is 37.7. The van der Waals surface area contributed by atoms with Crippen molar-refractivity contribution >= 4 is 17.7 Å². The van der Waals surface area contributed by atoms with Crippen LogP contribution in [0.3, 0.4) is 0 Å². The molecule has 4 rings (SSSR count). The summed E-state index contributed by atoms with van der Waals surface area (Å²) in [6, 6.07) is 4.87. The summed E-state index contributed by atoms with van der Waals surface area (Å²) in [5.74, 6) is -0.875. The second-order valence-electron chi connectivity index (χ2n) is 6.75. The minimum Gasteiger partial charge on any atom is -0.322 e. The van der Waals surface area contributed by atoms with E-state index in [1.807, 2.05) is 25.4 Å². The van der Waals surface area contributed by atoms with Gasteiger partial charge >= 0.3 is 0 Å². The first-order valence-electron chi connectivity index (χ1n) is 8.90. The first-order valence-corrected chi connectivity index (χ1v) is 8.90. The van der Waals surface area contributed by atoms with Crippen molar-refractivity contribution < 1.29 is 14.4 Å². The third kappa shape index (κ3) is 3.21. The molecule has 3 heterocycles. The first-order chi connectivity index (χ1) is 13.1. The number of hydrogen-bond donors (Lipinski definition) is 2. The number of hydrogen-bond acceptors (Lipinski definition) is 6. The van der Waals surface area contributed by atoms with Gasteiger partial charge in [0, 0.05) is 31.5 Å². The zero-order chi connectivity index (χ0) is 19.0. The van der Waals surface area contributed by atoms with E-state index in [1.165, 1.54) is 4.90 Å². The predicted molar refractivity (Wildman–Crippen MR) is 95.0 cm³/mol. The van der Waals surface area contributed by atoms with Gasteiger partial charge in [0.15, 0.2) is 0 Å². The molecule has 2 aliphatic heterocycles. The number of likely N-dealkylation sites (N-methyl/N-ethyl adjacent to an activating group) is 1. The van der Waals surface area contributed by atoms with Crippen LogP contribution in [0.2, 0.25) is 0 Å². The number of fused-ring (bicyclic) bond motifs is 1. The fourth-order valence-corrected chi connectivity index (χ4v) is 3.50. The Balaban J connectivity index is 1.55. The molecule has 140 valence electrons. The van der Waals surface area contributed by atoms with Crippen LogP contribution in [-0.4, -0.2) is 57.2 Å². The Morgan fingerprint density at radius 3 is 2.93 bits per heavy atom. The number of carbonyl (C=O) groups is 3. The number of carbonyl (C=O) groups excluding carboxylic acids is 3. The molecule has 0 spiro atoms. The number of nitrogens with one attached hydrogen (secondary N) is 2. The van der Waals surface area contributed by atoms with Crippen LogP contribution >= 0.6 is 0 Å². The zero-order valence-electron chi connectivity index (χ0n) is 14.9. The maximum absolute atomic E-state index is 12.7. The van der Waals surface area contributed by atoms with Gasteiger partial charge in [-0.3, -0.25) is 19.7 Å². The molecule has 2 aromatic rings. The molecule has 0 aliphatic carbocycles. The average Bonchev–Trinajstić information content (AvgIpc) is 3.25. The van der Waals surface area contributed by atoms with Crippen LogP contribution in [0.15, 0.2) is 24.4 Å². The summed E-state index contributed by atoms with van der Waals surface area (Å²) in [6.45, 7) is 1.16. The quantitative estimate of drug-likeness (QED) is 0.707. The average molecular weight is 368 g/mol. The maximum atomic E-state index is 12.7. The van der Waals surface area contributed by atoms with Gasteiger partial charge in [0.05, 0.1) is 17.6 Å². The third-order valence-corrected chi connectivity index (χ3v) is 4.94. The molecular formula is C18H20N6O3. The van der Waals surface area contributed by atoms with E-state index in [2.05, 4.69) is 20.9 Å². The van der Waals surface area contributed by atoms with E-state index in [1.54, 1.807) is 10.7 Å². The summed E-state index contributed by atoms with van der Waals surface area (Å²) in [5.41, 5.74) is 3.12. The molecular weight excluding hydrogens is 348 g/mol. The van der Waals surface area contributed by atoms with Gasteiger partial charge in [-0.05, 0) is 37.2 Å². The number of aromatic nitrogens is 3. The summed E-state index contributed by atoms with van der Waals surface area (Å²) in [6.07, 6.45) is 3.25. The van der Waals surface area contributed by atoms with E-state index >= 15 is 0 Å². The molecule has 2 aliphatic rings. The SMILES string of the molecule is CNCCc1cn(-c2ccc3c(c2)CN(C2CCC(=O)NC2=O)C3=O)nn1. The Kier molecular flexibility index (Phi) is 4.44. The van der Waals surface area contributed by atoms with E-state index in [4.69, 9.17) is 0 Å². The Morgan fingerprint density at radius 1 is 1.30 bits per heavy atom. The third-order valence-electron chi connectivity index (χ3n) is 4.94. The van der Waals surface area contributed by atoms with Gasteiger partial charge in [-0.25, -0.2) is 4.68 Å². The van der Waals surface area contributed by atoms with Crippen LogP contribution in [-0.2, 0) is 22.6 Å². The topological polar surface area (TPSA) is 109 Å². The molecule has 9 nitrogen and oxygen atoms in total. The Labute approximate surface area is 155 Å². The number of benzene rings is 1. The zero-order valence-corrected chi connectivity index (χ0v) is 14.9. The molecule has 1 aromatic carbocycles. The molecule has 1 saturated heterocycles. The van der Waals surface area contributed by atoms with Crippen molar-refractivity contribution in [2.75, 3.05) is 13.6 Å². The van der Waals surface area contributed by atoms with E-state index in [9.17, 15) is 14.4 Å². The van der Waals surface area contributed by atoms with Crippen LogP contribution in [0.4, 0.5) is 0 Å². The Hall–Kier alpha value is -3.07. The predicted octanol–water partition coefficient (Wildman–Crippen LogP) is -0.210. The van der Waals surface area contributed by atoms with Gasteiger partial charge in [0.1, 0.15) is 6.04 Å². The number of piperidine rings is 1. The molecule has 0 radical (unpaired) electrons. The monoisotopic (exact) mass is 368 g/mol. The lowest BCUT2D eigenvalue weighted by atomic mass is 10.0. The summed E-state index contributed by atoms with van der Waals surface area (Å²) < 4.78 is 1.68. The molecule has 0 saturated carbocycles. The second kappa shape index (κ2) is 6.92. The second-order valence-corrected chi connectivity index (χ2v) is 6.75. The molecule has 3 amide bonds. The molecule has 1 fully saturated rings. The summed E-state index contributed by atoms with van der Waals surface area (Å²) in [7, 11) is 1.89. The van der Waals surface area contributed by atoms with Crippen LogP contribution in [0.5, 0.6) is 0 Å². The molecule has 1 aromatic heterocycles. The normalized spacial score (nSPS) is 19.4. The van der Waals surface area contributed by atoms with Gasteiger partial charge < -0.3 is 10.2 Å². The Bertz CT molecular complexity index is 922. The van der Waals surface area contributed by atoms with E-state index in [0.29, 0.717) is 18.5 Å². The van der Waals surface area contributed by atoms with Crippen molar-refractivity contribution in [3.05, 3.63) is 41.2 Å². The van der Waals surface area contributed by atoms with Crippen LogP contribution in [0.1, 0.15) is 34.5 Å². The van der Waals surface area contributed by atoms with Crippen molar-refractivity contribution in [2.24, 2.45) is 0 Å². The van der Waals surface area contributed by atoms with E-state index in [-0.39, 0.29) is 18.2 Å². The smallest absolute Gasteiger partial charge is 0.255 e. The van der Waals surface area contributed by atoms with Crippen molar-refractivity contribution in [1.82, 2.24) is 30.5 Å². The number of imide groups is 1. The van der Waals surface area contributed by atoms with E-state index < -0.39 is 11.9 Å². The van der Waals surface area contributed by atoms with Crippen molar-refractivity contribution in [1.29, 1.82) is 0 Å². The largest absolute Gasteiger partial charge is 0.322 e. The van der Waals surface area contributed by atoms with Crippen molar-refractivity contribution in [3.63, 3.8) is 0 Å². The molecule has 1 unspecified atom stereocenters. The fraction of sp³-hybridized carbons (Fsp3) is 0.389. The molecule has 2 N–H and O–H groups in total. The van der Waals surface area contributed by atoms with Crippen LogP contribution in [0, 0.1) is 0 Å². The highest BCUT2D eigenvalue weighted by atomic mass is 16.2. The first kappa shape index (κ1) is 17.3. The van der Waals surface area contributed by atoms with Gasteiger partial charge in [-0.1, -0.05) is 5.21 Å². The Morgan fingerprint density at radius 2 is 2.15 bits per heavy atom. The van der Waals surface area contributed by atoms with Crippen molar-refractivity contribution in [3.8, 4) is 5.69 Å². The molecule has 9 heteroatoms.